The van der Waals surface area contributed by atoms with E-state index in [2.05, 4.69) is 6.92 Å². The van der Waals surface area contributed by atoms with E-state index in [1.54, 1.807) is 12.1 Å². The van der Waals surface area contributed by atoms with Gasteiger partial charge in [-0.25, -0.2) is 0 Å². The van der Waals surface area contributed by atoms with Gasteiger partial charge in [0, 0.05) is 5.30 Å². The lowest BCUT2D eigenvalue weighted by atomic mass is 10.1. The molecule has 0 fully saturated rings. The summed E-state index contributed by atoms with van der Waals surface area (Å²) in [5.41, 5.74) is 1.27. The van der Waals surface area contributed by atoms with Crippen LogP contribution in [0.1, 0.15) is 25.3 Å². The molecular weight excluding hydrogens is 183 g/mol. The van der Waals surface area contributed by atoms with Crippen LogP contribution in [-0.4, -0.2) is 9.79 Å². The molecule has 0 aromatic heterocycles. The second kappa shape index (κ2) is 5.33. The van der Waals surface area contributed by atoms with E-state index in [9.17, 15) is 0 Å². The number of benzene rings is 1. The molecule has 0 saturated heterocycles. The number of hydrogen-bond donors (Lipinski definition) is 2. The van der Waals surface area contributed by atoms with Crippen LogP contribution in [0.5, 0.6) is 0 Å². The topological polar surface area (TPSA) is 40.5 Å². The van der Waals surface area contributed by atoms with Crippen molar-refractivity contribution in [3.63, 3.8) is 0 Å². The molecule has 0 heterocycles. The van der Waals surface area contributed by atoms with E-state index in [0.29, 0.717) is 5.30 Å². The molecule has 0 aliphatic carbocycles. The molecule has 0 aliphatic heterocycles. The SMILES string of the molecule is CCCCc1ccc(P(O)O)cc1. The van der Waals surface area contributed by atoms with Crippen molar-refractivity contribution in [2.45, 2.75) is 26.2 Å². The summed E-state index contributed by atoms with van der Waals surface area (Å²) in [6.07, 6.45) is 3.45. The summed E-state index contributed by atoms with van der Waals surface area (Å²) in [5, 5.41) is 0.621. The molecule has 0 spiro atoms. The number of rotatable bonds is 4. The lowest BCUT2D eigenvalue weighted by molar-refractivity contribution is 0.497. The standard InChI is InChI=1S/C10H15O2P/c1-2-3-4-9-5-7-10(8-6-9)13(11)12/h5-8,11-12H,2-4H2,1H3. The van der Waals surface area contributed by atoms with Gasteiger partial charge >= 0.3 is 0 Å². The minimum absolute atomic E-state index is 0.621. The molecule has 72 valence electrons. The predicted octanol–water partition coefficient (Wildman–Crippen LogP) is 1.95. The van der Waals surface area contributed by atoms with Gasteiger partial charge in [-0.15, -0.1) is 0 Å². The van der Waals surface area contributed by atoms with Gasteiger partial charge in [-0.2, -0.15) is 0 Å². The number of aryl methyl sites for hydroxylation is 1. The first kappa shape index (κ1) is 10.6. The van der Waals surface area contributed by atoms with Crippen molar-refractivity contribution >= 4 is 13.7 Å². The van der Waals surface area contributed by atoms with E-state index in [4.69, 9.17) is 9.79 Å². The fourth-order valence-corrected chi connectivity index (χ4v) is 1.59. The van der Waals surface area contributed by atoms with Crippen molar-refractivity contribution in [2.24, 2.45) is 0 Å². The number of unbranched alkanes of at least 4 members (excludes halogenated alkanes) is 1. The van der Waals surface area contributed by atoms with Gasteiger partial charge in [-0.1, -0.05) is 25.5 Å². The molecule has 1 rings (SSSR count). The molecule has 2 nitrogen and oxygen atoms in total. The quantitative estimate of drug-likeness (QED) is 0.726. The molecule has 1 aromatic rings. The number of hydrogen-bond acceptors (Lipinski definition) is 2. The summed E-state index contributed by atoms with van der Waals surface area (Å²) >= 11 is 0. The zero-order chi connectivity index (χ0) is 9.68. The zero-order valence-corrected chi connectivity index (χ0v) is 8.67. The van der Waals surface area contributed by atoms with Crippen LogP contribution in [0.25, 0.3) is 0 Å². The average molecular weight is 198 g/mol. The van der Waals surface area contributed by atoms with Crippen LogP contribution >= 0.6 is 8.38 Å². The molecule has 1 aromatic carbocycles. The average Bonchev–Trinajstić information content (AvgIpc) is 2.15. The predicted molar refractivity (Wildman–Crippen MR) is 56.0 cm³/mol. The van der Waals surface area contributed by atoms with Crippen LogP contribution in [-0.2, 0) is 6.42 Å². The van der Waals surface area contributed by atoms with Crippen molar-refractivity contribution in [2.75, 3.05) is 0 Å². The molecule has 0 bridgehead atoms. The van der Waals surface area contributed by atoms with Crippen molar-refractivity contribution in [1.82, 2.24) is 0 Å². The minimum atomic E-state index is -1.92. The van der Waals surface area contributed by atoms with Gasteiger partial charge in [0.05, 0.1) is 0 Å². The maximum Gasteiger partial charge on any atom is 0.199 e. The third-order valence-electron chi connectivity index (χ3n) is 1.99. The monoisotopic (exact) mass is 198 g/mol. The molecule has 2 N–H and O–H groups in total. The second-order valence-electron chi connectivity index (χ2n) is 3.06. The maximum atomic E-state index is 8.91. The van der Waals surface area contributed by atoms with Crippen LogP contribution < -0.4 is 5.30 Å². The highest BCUT2D eigenvalue weighted by molar-refractivity contribution is 7.54. The molecule has 0 aliphatic rings. The van der Waals surface area contributed by atoms with Gasteiger partial charge < -0.3 is 9.79 Å². The summed E-state index contributed by atoms with van der Waals surface area (Å²) < 4.78 is 0. The smallest absolute Gasteiger partial charge is 0.199 e. The highest BCUT2D eigenvalue weighted by Crippen LogP contribution is 2.21. The highest BCUT2D eigenvalue weighted by atomic mass is 31.2. The van der Waals surface area contributed by atoms with Crippen LogP contribution in [0.3, 0.4) is 0 Å². The Balaban J connectivity index is 2.59. The van der Waals surface area contributed by atoms with E-state index in [1.807, 2.05) is 12.1 Å². The van der Waals surface area contributed by atoms with E-state index in [0.717, 1.165) is 6.42 Å². The Morgan fingerprint density at radius 2 is 1.77 bits per heavy atom. The third kappa shape index (κ3) is 3.43. The normalized spacial score (nSPS) is 10.8. The molecule has 0 atom stereocenters. The van der Waals surface area contributed by atoms with Crippen molar-refractivity contribution in [3.05, 3.63) is 29.8 Å². The van der Waals surface area contributed by atoms with Crippen LogP contribution in [0.4, 0.5) is 0 Å². The molecule has 0 saturated carbocycles. The Labute approximate surface area is 80.2 Å². The van der Waals surface area contributed by atoms with E-state index < -0.39 is 8.38 Å². The lowest BCUT2D eigenvalue weighted by Crippen LogP contribution is -1.99. The van der Waals surface area contributed by atoms with Crippen molar-refractivity contribution in [1.29, 1.82) is 0 Å². The second-order valence-corrected chi connectivity index (χ2v) is 4.15. The highest BCUT2D eigenvalue weighted by Gasteiger charge is 2.02. The van der Waals surface area contributed by atoms with E-state index in [-0.39, 0.29) is 0 Å². The molecule has 0 radical (unpaired) electrons. The zero-order valence-electron chi connectivity index (χ0n) is 7.77. The molecule has 0 amide bonds. The Hall–Kier alpha value is -0.430. The van der Waals surface area contributed by atoms with Crippen molar-refractivity contribution < 1.29 is 9.79 Å². The molecule has 13 heavy (non-hydrogen) atoms. The first-order valence-corrected chi connectivity index (χ1v) is 5.75. The fraction of sp³-hybridized carbons (Fsp3) is 0.400. The van der Waals surface area contributed by atoms with Crippen LogP contribution in [0.15, 0.2) is 24.3 Å². The van der Waals surface area contributed by atoms with Gasteiger partial charge in [0.25, 0.3) is 0 Å². The largest absolute Gasteiger partial charge is 0.347 e. The van der Waals surface area contributed by atoms with E-state index >= 15 is 0 Å². The van der Waals surface area contributed by atoms with Gasteiger partial charge in [0.15, 0.2) is 8.38 Å². The Bertz CT molecular complexity index is 244. The van der Waals surface area contributed by atoms with Crippen LogP contribution in [0.2, 0.25) is 0 Å². The summed E-state index contributed by atoms with van der Waals surface area (Å²) in [6, 6.07) is 7.51. The van der Waals surface area contributed by atoms with Crippen LogP contribution in [0, 0.1) is 0 Å². The Morgan fingerprint density at radius 1 is 1.15 bits per heavy atom. The minimum Gasteiger partial charge on any atom is -0.347 e. The molecule has 3 heteroatoms. The first-order valence-electron chi connectivity index (χ1n) is 4.51. The summed E-state index contributed by atoms with van der Waals surface area (Å²) in [6.45, 7) is 2.16. The van der Waals surface area contributed by atoms with Gasteiger partial charge in [-0.05, 0) is 30.5 Å². The van der Waals surface area contributed by atoms with E-state index in [1.165, 1.54) is 18.4 Å². The Kier molecular flexibility index (Phi) is 4.37. The van der Waals surface area contributed by atoms with Crippen molar-refractivity contribution in [3.8, 4) is 0 Å². The van der Waals surface area contributed by atoms with Gasteiger partial charge in [-0.3, -0.25) is 0 Å². The molecular formula is C10H15O2P. The fourth-order valence-electron chi connectivity index (χ4n) is 1.18. The summed E-state index contributed by atoms with van der Waals surface area (Å²) in [7, 11) is -1.92. The maximum absolute atomic E-state index is 8.91. The first-order chi connectivity index (χ1) is 6.24. The summed E-state index contributed by atoms with van der Waals surface area (Å²) in [5.74, 6) is 0. The molecule has 0 unspecified atom stereocenters. The van der Waals surface area contributed by atoms with Gasteiger partial charge in [0.1, 0.15) is 0 Å². The lowest BCUT2D eigenvalue weighted by Gasteiger charge is -2.03. The summed E-state index contributed by atoms with van der Waals surface area (Å²) in [4.78, 5) is 17.8. The Morgan fingerprint density at radius 3 is 2.23 bits per heavy atom. The van der Waals surface area contributed by atoms with Gasteiger partial charge in [0.2, 0.25) is 0 Å². The third-order valence-corrected chi connectivity index (χ3v) is 2.75.